The summed E-state index contributed by atoms with van der Waals surface area (Å²) in [7, 11) is 0. The molecule has 4 heteroatoms. The van der Waals surface area contributed by atoms with Gasteiger partial charge in [0.1, 0.15) is 0 Å². The average molecular weight is 198 g/mol. The summed E-state index contributed by atoms with van der Waals surface area (Å²) in [5, 5.41) is 0.959. The number of amidine groups is 1. The van der Waals surface area contributed by atoms with Crippen LogP contribution in [0.3, 0.4) is 0 Å². The second-order valence-electron chi connectivity index (χ2n) is 3.59. The van der Waals surface area contributed by atoms with Crippen LogP contribution in [0.25, 0.3) is 0 Å². The minimum absolute atomic E-state index is 0.0277. The normalized spacial score (nSPS) is 28.4. The first-order chi connectivity index (χ1) is 6.29. The lowest BCUT2D eigenvalue weighted by atomic mass is 10.1. The highest BCUT2D eigenvalue weighted by molar-refractivity contribution is 8.14. The Labute approximate surface area is 82.6 Å². The molecule has 0 aromatic carbocycles. The van der Waals surface area contributed by atoms with E-state index >= 15 is 0 Å². The number of carbonyl (C=O) groups is 1. The number of hydrogen-bond donors (Lipinski definition) is 0. The summed E-state index contributed by atoms with van der Waals surface area (Å²) >= 11 is 1.59. The van der Waals surface area contributed by atoms with E-state index < -0.39 is 0 Å². The average Bonchev–Trinajstić information content (AvgIpc) is 2.71. The molecule has 1 fully saturated rings. The van der Waals surface area contributed by atoms with Crippen LogP contribution in [0, 0.1) is 5.92 Å². The Kier molecular flexibility index (Phi) is 2.58. The van der Waals surface area contributed by atoms with Gasteiger partial charge in [0.15, 0.2) is 5.17 Å². The molecule has 2 heterocycles. The molecule has 0 aromatic rings. The fourth-order valence-electron chi connectivity index (χ4n) is 1.80. The molecule has 1 saturated heterocycles. The molecule has 0 N–H and O–H groups in total. The number of rotatable bonds is 1. The Morgan fingerprint density at radius 2 is 2.54 bits per heavy atom. The molecule has 2 rings (SSSR count). The monoisotopic (exact) mass is 198 g/mol. The topological polar surface area (TPSA) is 32.7 Å². The van der Waals surface area contributed by atoms with Gasteiger partial charge in [-0.1, -0.05) is 25.1 Å². The molecular weight excluding hydrogens is 184 g/mol. The summed E-state index contributed by atoms with van der Waals surface area (Å²) in [5.41, 5.74) is 0. The second kappa shape index (κ2) is 3.70. The molecule has 2 aliphatic rings. The standard InChI is InChI=1S/C9H14N2OS/c1-2-7-3-4-11(5-7)9-10-8(12)6-13-9/h7H,2-6H2,1H3. The predicted molar refractivity (Wildman–Crippen MR) is 54.9 cm³/mol. The van der Waals surface area contributed by atoms with Crippen molar-refractivity contribution in [1.29, 1.82) is 0 Å². The highest BCUT2D eigenvalue weighted by Crippen LogP contribution is 2.25. The fourth-order valence-corrected chi connectivity index (χ4v) is 2.63. The van der Waals surface area contributed by atoms with Crippen molar-refractivity contribution in [3.8, 4) is 0 Å². The lowest BCUT2D eigenvalue weighted by Crippen LogP contribution is -2.25. The Morgan fingerprint density at radius 1 is 1.69 bits per heavy atom. The van der Waals surface area contributed by atoms with Crippen molar-refractivity contribution in [2.24, 2.45) is 10.9 Å². The third-order valence-corrected chi connectivity index (χ3v) is 3.68. The van der Waals surface area contributed by atoms with Gasteiger partial charge in [0.2, 0.25) is 0 Å². The van der Waals surface area contributed by atoms with Crippen LogP contribution >= 0.6 is 11.8 Å². The van der Waals surface area contributed by atoms with Gasteiger partial charge in [0.25, 0.3) is 5.91 Å². The quantitative estimate of drug-likeness (QED) is 0.637. The van der Waals surface area contributed by atoms with Gasteiger partial charge in [-0.2, -0.15) is 4.99 Å². The summed E-state index contributed by atoms with van der Waals surface area (Å²) in [6, 6.07) is 0. The highest BCUT2D eigenvalue weighted by atomic mass is 32.2. The third-order valence-electron chi connectivity index (χ3n) is 2.68. The van der Waals surface area contributed by atoms with E-state index in [0.717, 1.165) is 24.2 Å². The molecule has 0 radical (unpaired) electrons. The third kappa shape index (κ3) is 1.88. The van der Waals surface area contributed by atoms with Crippen molar-refractivity contribution in [3.05, 3.63) is 0 Å². The number of amides is 1. The number of nitrogens with zero attached hydrogens (tertiary/aromatic N) is 2. The van der Waals surface area contributed by atoms with Crippen LogP contribution in [0.5, 0.6) is 0 Å². The first kappa shape index (κ1) is 9.06. The SMILES string of the molecule is CCC1CCN(C2=NC(=O)CS2)C1. The van der Waals surface area contributed by atoms with Crippen LogP contribution < -0.4 is 0 Å². The van der Waals surface area contributed by atoms with E-state index in [-0.39, 0.29) is 5.91 Å². The van der Waals surface area contributed by atoms with E-state index in [2.05, 4.69) is 16.8 Å². The highest BCUT2D eigenvalue weighted by Gasteiger charge is 2.27. The van der Waals surface area contributed by atoms with Gasteiger partial charge in [-0.05, 0) is 12.3 Å². The number of aliphatic imine (C=N–C) groups is 1. The molecule has 1 unspecified atom stereocenters. The number of hydrogen-bond acceptors (Lipinski definition) is 3. The van der Waals surface area contributed by atoms with E-state index in [9.17, 15) is 4.79 Å². The molecule has 0 bridgehead atoms. The maximum Gasteiger partial charge on any atom is 0.258 e. The predicted octanol–water partition coefficient (Wildman–Crippen LogP) is 1.35. The van der Waals surface area contributed by atoms with Crippen molar-refractivity contribution in [3.63, 3.8) is 0 Å². The molecule has 0 saturated carbocycles. The molecule has 72 valence electrons. The van der Waals surface area contributed by atoms with Crippen LogP contribution in [0.4, 0.5) is 0 Å². The lowest BCUT2D eigenvalue weighted by Gasteiger charge is -2.16. The Morgan fingerprint density at radius 3 is 3.08 bits per heavy atom. The minimum atomic E-state index is 0.0277. The Hall–Kier alpha value is -0.510. The summed E-state index contributed by atoms with van der Waals surface area (Å²) < 4.78 is 0. The molecule has 0 spiro atoms. The minimum Gasteiger partial charge on any atom is -0.351 e. The van der Waals surface area contributed by atoms with Gasteiger partial charge >= 0.3 is 0 Å². The molecule has 1 amide bonds. The Bertz CT molecular complexity index is 252. The molecule has 13 heavy (non-hydrogen) atoms. The largest absolute Gasteiger partial charge is 0.351 e. The van der Waals surface area contributed by atoms with E-state index in [1.54, 1.807) is 11.8 Å². The zero-order valence-corrected chi connectivity index (χ0v) is 8.64. The number of thioether (sulfide) groups is 1. The summed E-state index contributed by atoms with van der Waals surface area (Å²) in [6.07, 6.45) is 2.49. The van der Waals surface area contributed by atoms with Crippen molar-refractivity contribution in [1.82, 2.24) is 4.90 Å². The van der Waals surface area contributed by atoms with Crippen molar-refractivity contribution in [2.75, 3.05) is 18.8 Å². The van der Waals surface area contributed by atoms with Gasteiger partial charge in [0.05, 0.1) is 5.75 Å². The van der Waals surface area contributed by atoms with E-state index in [1.807, 2.05) is 0 Å². The summed E-state index contributed by atoms with van der Waals surface area (Å²) in [6.45, 7) is 4.40. The molecule has 0 aromatic heterocycles. The van der Waals surface area contributed by atoms with Crippen LogP contribution in [0.2, 0.25) is 0 Å². The summed E-state index contributed by atoms with van der Waals surface area (Å²) in [4.78, 5) is 17.2. The van der Waals surface area contributed by atoms with Crippen LogP contribution in [-0.2, 0) is 4.79 Å². The smallest absolute Gasteiger partial charge is 0.258 e. The molecular formula is C9H14N2OS. The van der Waals surface area contributed by atoms with E-state index in [0.29, 0.717) is 5.75 Å². The zero-order valence-electron chi connectivity index (χ0n) is 7.82. The molecule has 3 nitrogen and oxygen atoms in total. The van der Waals surface area contributed by atoms with Gasteiger partial charge in [-0.25, -0.2) is 0 Å². The molecule has 0 aliphatic carbocycles. The van der Waals surface area contributed by atoms with Gasteiger partial charge in [0, 0.05) is 13.1 Å². The van der Waals surface area contributed by atoms with Crippen LogP contribution in [0.15, 0.2) is 4.99 Å². The summed E-state index contributed by atoms with van der Waals surface area (Å²) in [5.74, 6) is 1.38. The van der Waals surface area contributed by atoms with Crippen molar-refractivity contribution in [2.45, 2.75) is 19.8 Å². The van der Waals surface area contributed by atoms with Gasteiger partial charge in [-0.3, -0.25) is 4.79 Å². The zero-order chi connectivity index (χ0) is 9.26. The van der Waals surface area contributed by atoms with Crippen molar-refractivity contribution >= 4 is 22.8 Å². The Balaban J connectivity index is 1.96. The lowest BCUT2D eigenvalue weighted by molar-refractivity contribution is -0.115. The molecule has 2 aliphatic heterocycles. The van der Waals surface area contributed by atoms with Crippen molar-refractivity contribution < 1.29 is 4.79 Å². The molecule has 1 atom stereocenters. The number of likely N-dealkylation sites (tertiary alicyclic amines) is 1. The van der Waals surface area contributed by atoms with Crippen LogP contribution in [0.1, 0.15) is 19.8 Å². The fraction of sp³-hybridized carbons (Fsp3) is 0.778. The van der Waals surface area contributed by atoms with Gasteiger partial charge in [-0.15, -0.1) is 0 Å². The van der Waals surface area contributed by atoms with Gasteiger partial charge < -0.3 is 4.90 Å². The second-order valence-corrected chi connectivity index (χ2v) is 4.53. The first-order valence-corrected chi connectivity index (χ1v) is 5.77. The van der Waals surface area contributed by atoms with E-state index in [1.165, 1.54) is 12.8 Å². The first-order valence-electron chi connectivity index (χ1n) is 4.79. The maximum atomic E-state index is 10.9. The maximum absolute atomic E-state index is 10.9. The van der Waals surface area contributed by atoms with Crippen LogP contribution in [-0.4, -0.2) is 34.8 Å². The number of carbonyl (C=O) groups excluding carboxylic acids is 1. The van der Waals surface area contributed by atoms with E-state index in [4.69, 9.17) is 0 Å².